The first-order chi connectivity index (χ1) is 22.7. The summed E-state index contributed by atoms with van der Waals surface area (Å²) in [7, 11) is -2.45. The number of carbonyl (C=O) groups is 2. The van der Waals surface area contributed by atoms with E-state index < -0.39 is 28.1 Å². The summed E-state index contributed by atoms with van der Waals surface area (Å²) < 4.78 is 34.6. The van der Waals surface area contributed by atoms with Crippen molar-refractivity contribution in [1.29, 1.82) is 0 Å². The van der Waals surface area contributed by atoms with Crippen LogP contribution in [-0.4, -0.2) is 89.9 Å². The Morgan fingerprint density at radius 2 is 1.77 bits per heavy atom. The number of benzene rings is 2. The summed E-state index contributed by atoms with van der Waals surface area (Å²) in [5, 5.41) is 14.7. The molecule has 2 heterocycles. The Morgan fingerprint density at radius 1 is 1.06 bits per heavy atom. The van der Waals surface area contributed by atoms with E-state index in [1.165, 1.54) is 28.8 Å². The number of thiazole rings is 1. The number of hydrogen-bond acceptors (Lipinski definition) is 8. The van der Waals surface area contributed by atoms with Gasteiger partial charge in [-0.15, -0.1) is 11.3 Å². The summed E-state index contributed by atoms with van der Waals surface area (Å²) in [6.45, 7) is 12.8. The smallest absolute Gasteiger partial charge is 0.321 e. The monoisotopic (exact) mass is 698 g/mol. The van der Waals surface area contributed by atoms with Crippen molar-refractivity contribution in [1.82, 2.24) is 19.1 Å². The van der Waals surface area contributed by atoms with Gasteiger partial charge in [0.05, 0.1) is 41.4 Å². The number of nitrogens with zero attached hydrogens (tertiary/aromatic N) is 4. The van der Waals surface area contributed by atoms with Gasteiger partial charge in [-0.1, -0.05) is 58.0 Å². The van der Waals surface area contributed by atoms with E-state index >= 15 is 0 Å². The molecule has 12 heteroatoms. The van der Waals surface area contributed by atoms with Gasteiger partial charge in [-0.3, -0.25) is 4.79 Å². The minimum Gasteiger partial charge on any atom is -0.496 e. The molecular weight excluding hydrogens is 649 g/mol. The minimum atomic E-state index is -3.98. The van der Waals surface area contributed by atoms with E-state index in [0.29, 0.717) is 37.4 Å². The highest BCUT2D eigenvalue weighted by molar-refractivity contribution is 7.89. The molecule has 0 unspecified atom stereocenters. The maximum Gasteiger partial charge on any atom is 0.321 e. The maximum atomic E-state index is 14.2. The first kappa shape index (κ1) is 37.5. The van der Waals surface area contributed by atoms with Crippen LogP contribution in [0.2, 0.25) is 0 Å². The van der Waals surface area contributed by atoms with Crippen molar-refractivity contribution < 1.29 is 27.9 Å². The van der Waals surface area contributed by atoms with E-state index in [9.17, 15) is 23.1 Å². The second-order valence-electron chi connectivity index (χ2n) is 13.5. The zero-order chi connectivity index (χ0) is 35.2. The third-order valence-corrected chi connectivity index (χ3v) is 11.4. The average molecular weight is 699 g/mol. The molecule has 0 radical (unpaired) electrons. The van der Waals surface area contributed by atoms with Crippen LogP contribution in [0.15, 0.2) is 58.8 Å². The summed E-state index contributed by atoms with van der Waals surface area (Å²) in [5.74, 6) is -0.316. The molecule has 48 heavy (non-hydrogen) atoms. The SMILES string of the molecule is COc1ccc(S(=O)(=O)N(CC(C)C)C[C@@H](O)[C@@H](CC(=O)[C@H](C(C)C)N2CCN(Cc3csc(C)n3)C2=O)Cc2ccccc2)cc1C. The molecule has 1 aromatic heterocycles. The zero-order valence-corrected chi connectivity index (χ0v) is 30.8. The summed E-state index contributed by atoms with van der Waals surface area (Å²) in [5.41, 5.74) is 2.45. The maximum absolute atomic E-state index is 14.2. The fourth-order valence-electron chi connectivity index (χ4n) is 6.42. The first-order valence-electron chi connectivity index (χ1n) is 16.6. The molecule has 1 fully saturated rings. The number of ketones is 1. The van der Waals surface area contributed by atoms with Crippen LogP contribution in [-0.2, 0) is 27.8 Å². The second-order valence-corrected chi connectivity index (χ2v) is 16.5. The lowest BCUT2D eigenvalue weighted by atomic mass is 9.85. The Labute approximate surface area is 289 Å². The van der Waals surface area contributed by atoms with Crippen molar-refractivity contribution in [3.63, 3.8) is 0 Å². The average Bonchev–Trinajstić information content (AvgIpc) is 3.60. The van der Waals surface area contributed by atoms with Gasteiger partial charge >= 0.3 is 6.03 Å². The Morgan fingerprint density at radius 3 is 2.35 bits per heavy atom. The highest BCUT2D eigenvalue weighted by Gasteiger charge is 2.40. The van der Waals surface area contributed by atoms with Gasteiger partial charge in [0, 0.05) is 38.0 Å². The second kappa shape index (κ2) is 16.4. The molecule has 2 amide bonds. The van der Waals surface area contributed by atoms with Crippen molar-refractivity contribution in [3.05, 3.63) is 75.7 Å². The summed E-state index contributed by atoms with van der Waals surface area (Å²) >= 11 is 1.54. The predicted molar refractivity (Wildman–Crippen MR) is 189 cm³/mol. The molecule has 10 nitrogen and oxygen atoms in total. The fraction of sp³-hybridized carbons (Fsp3) is 0.528. The number of ether oxygens (including phenoxy) is 1. The highest BCUT2D eigenvalue weighted by Crippen LogP contribution is 2.28. The quantitative estimate of drug-likeness (QED) is 0.196. The number of methoxy groups -OCH3 is 1. The van der Waals surface area contributed by atoms with Gasteiger partial charge < -0.3 is 19.6 Å². The van der Waals surface area contributed by atoms with Crippen molar-refractivity contribution in [2.24, 2.45) is 17.8 Å². The lowest BCUT2D eigenvalue weighted by Gasteiger charge is -2.33. The highest BCUT2D eigenvalue weighted by atomic mass is 32.2. The van der Waals surface area contributed by atoms with Gasteiger partial charge in [-0.2, -0.15) is 4.31 Å². The van der Waals surface area contributed by atoms with Crippen LogP contribution in [0.4, 0.5) is 4.79 Å². The molecule has 1 aliphatic rings. The number of hydrogen-bond donors (Lipinski definition) is 1. The van der Waals surface area contributed by atoms with Crippen LogP contribution in [0.3, 0.4) is 0 Å². The van der Waals surface area contributed by atoms with Gasteiger partial charge in [-0.05, 0) is 67.3 Å². The van der Waals surface area contributed by atoms with E-state index in [0.717, 1.165) is 16.3 Å². The van der Waals surface area contributed by atoms with Gasteiger partial charge in [0.25, 0.3) is 0 Å². The molecule has 0 aliphatic carbocycles. The van der Waals surface area contributed by atoms with Crippen molar-refractivity contribution in [2.45, 2.75) is 78.0 Å². The number of aliphatic hydroxyl groups excluding tert-OH is 1. The molecule has 1 N–H and O–H groups in total. The zero-order valence-electron chi connectivity index (χ0n) is 29.1. The van der Waals surface area contributed by atoms with E-state index in [1.54, 1.807) is 28.9 Å². The van der Waals surface area contributed by atoms with E-state index in [1.807, 2.05) is 70.3 Å². The molecule has 0 spiro atoms. The topological polar surface area (TPSA) is 120 Å². The number of carbonyl (C=O) groups excluding carboxylic acids is 2. The molecule has 2 aromatic carbocycles. The van der Waals surface area contributed by atoms with E-state index in [4.69, 9.17) is 4.74 Å². The molecule has 1 saturated heterocycles. The minimum absolute atomic E-state index is 0.00875. The van der Waals surface area contributed by atoms with Crippen molar-refractivity contribution in [2.75, 3.05) is 33.3 Å². The summed E-state index contributed by atoms with van der Waals surface area (Å²) in [6, 6.07) is 13.4. The predicted octanol–water partition coefficient (Wildman–Crippen LogP) is 5.56. The number of aliphatic hydroxyl groups is 1. The van der Waals surface area contributed by atoms with Gasteiger partial charge in [0.1, 0.15) is 5.75 Å². The van der Waals surface area contributed by atoms with Crippen LogP contribution in [0.5, 0.6) is 5.75 Å². The van der Waals surface area contributed by atoms with Crippen LogP contribution in [0, 0.1) is 31.6 Å². The van der Waals surface area contributed by atoms with Crippen LogP contribution < -0.4 is 4.74 Å². The molecule has 4 rings (SSSR count). The molecule has 3 atom stereocenters. The summed E-state index contributed by atoms with van der Waals surface area (Å²) in [6.07, 6.45) is -0.780. The van der Waals surface area contributed by atoms with Gasteiger partial charge in [0.15, 0.2) is 5.78 Å². The number of rotatable bonds is 17. The Kier molecular flexibility index (Phi) is 12.8. The Bertz CT molecular complexity index is 1640. The molecule has 0 bridgehead atoms. The third kappa shape index (κ3) is 9.22. The first-order valence-corrected chi connectivity index (χ1v) is 18.9. The molecule has 262 valence electrons. The number of sulfonamides is 1. The molecule has 0 saturated carbocycles. The summed E-state index contributed by atoms with van der Waals surface area (Å²) in [4.78, 5) is 35.8. The Balaban J connectivity index is 1.58. The fourth-order valence-corrected chi connectivity index (χ4v) is 8.74. The normalized spacial score (nSPS) is 15.9. The molecule has 3 aromatic rings. The Hall–Kier alpha value is -3.32. The largest absolute Gasteiger partial charge is 0.496 e. The number of aromatic nitrogens is 1. The molecular formula is C36H50N4O6S2. The lowest BCUT2D eigenvalue weighted by molar-refractivity contribution is -0.126. The third-order valence-electron chi connectivity index (χ3n) is 8.76. The number of Topliss-reactive ketones (excluding diaryl/α,β-unsaturated/α-hetero) is 1. The standard InChI is InChI=1S/C36H50N4O6S2/c1-24(2)20-39(48(44,45)31-13-14-34(46-7)26(5)17-31)22-33(42)29(18-28-11-9-8-10-12-28)19-32(41)35(25(3)4)40-16-15-38(36(40)43)21-30-23-47-27(6)37-30/h8-14,17,23-25,29,33,35,42H,15-16,18-22H2,1-7H3/t29-,33-,35+/m1/s1. The van der Waals surface area contributed by atoms with Crippen LogP contribution in [0.1, 0.15) is 55.9 Å². The lowest BCUT2D eigenvalue weighted by Crippen LogP contribution is -2.48. The van der Waals surface area contributed by atoms with Crippen molar-refractivity contribution >= 4 is 33.2 Å². The van der Waals surface area contributed by atoms with Gasteiger partial charge in [0.2, 0.25) is 10.0 Å². The van der Waals surface area contributed by atoms with E-state index in [-0.39, 0.29) is 48.1 Å². The number of urea groups is 1. The number of amides is 2. The van der Waals surface area contributed by atoms with E-state index in [2.05, 4.69) is 4.98 Å². The number of aryl methyl sites for hydroxylation is 2. The van der Waals surface area contributed by atoms with Gasteiger partial charge in [-0.25, -0.2) is 18.2 Å². The molecule has 1 aliphatic heterocycles. The van der Waals surface area contributed by atoms with Crippen LogP contribution >= 0.6 is 11.3 Å². The van der Waals surface area contributed by atoms with Crippen LogP contribution in [0.25, 0.3) is 0 Å². The van der Waals surface area contributed by atoms with Crippen molar-refractivity contribution in [3.8, 4) is 5.75 Å².